The zero-order chi connectivity index (χ0) is 49.2. The highest BCUT2D eigenvalue weighted by Crippen LogP contribution is 2.64. The maximum Gasteiger partial charge on any atom is 0.0726 e. The second-order valence-corrected chi connectivity index (χ2v) is 21.3. The molecule has 0 N–H and O–H groups in total. The quantitative estimate of drug-likeness (QED) is 0.150. The van der Waals surface area contributed by atoms with Crippen LogP contribution in [0.25, 0.3) is 108 Å². The van der Waals surface area contributed by atoms with Gasteiger partial charge in [0.1, 0.15) is 0 Å². The van der Waals surface area contributed by atoms with Crippen LogP contribution in [0, 0.1) is 0 Å². The van der Waals surface area contributed by atoms with Crippen molar-refractivity contribution in [2.45, 2.75) is 5.41 Å². The average molecular weight is 968 g/mol. The zero-order valence-electron chi connectivity index (χ0n) is 40.8. The molecule has 14 aromatic rings. The van der Waals surface area contributed by atoms with Crippen molar-refractivity contribution in [1.29, 1.82) is 0 Å². The van der Waals surface area contributed by atoms with Crippen LogP contribution in [0.5, 0.6) is 0 Å². The van der Waals surface area contributed by atoms with E-state index in [2.05, 4.69) is 278 Å². The largest absolute Gasteiger partial charge is 0.309 e. The number of anilines is 3. The predicted molar refractivity (Wildman–Crippen MR) is 319 cm³/mol. The molecule has 16 rings (SSSR count). The van der Waals surface area contributed by atoms with Crippen LogP contribution in [0.4, 0.5) is 17.1 Å². The molecule has 75 heavy (non-hydrogen) atoms. The summed E-state index contributed by atoms with van der Waals surface area (Å²) in [6.07, 6.45) is 0. The molecule has 348 valence electrons. The van der Waals surface area contributed by atoms with Gasteiger partial charge in [-0.2, -0.15) is 0 Å². The Kier molecular flexibility index (Phi) is 9.19. The lowest BCUT2D eigenvalue weighted by Gasteiger charge is -2.34. The number of thiophene rings is 1. The number of fused-ring (bicyclic) bond motifs is 19. The van der Waals surface area contributed by atoms with E-state index in [4.69, 9.17) is 0 Å². The van der Waals surface area contributed by atoms with Crippen molar-refractivity contribution in [2.24, 2.45) is 0 Å². The number of hydrogen-bond donors (Lipinski definition) is 0. The lowest BCUT2D eigenvalue weighted by atomic mass is 9.70. The van der Waals surface area contributed by atoms with Crippen LogP contribution < -0.4 is 4.90 Å². The Labute approximate surface area is 439 Å². The van der Waals surface area contributed by atoms with Gasteiger partial charge in [0.05, 0.1) is 16.8 Å². The van der Waals surface area contributed by atoms with Crippen LogP contribution >= 0.6 is 11.3 Å². The number of hydrogen-bond acceptors (Lipinski definition) is 2. The van der Waals surface area contributed by atoms with Crippen molar-refractivity contribution in [2.75, 3.05) is 4.90 Å². The highest BCUT2D eigenvalue weighted by Gasteiger charge is 2.52. The summed E-state index contributed by atoms with van der Waals surface area (Å²) in [4.78, 5) is 2.61. The van der Waals surface area contributed by atoms with E-state index in [9.17, 15) is 0 Å². The fraction of sp³-hybridized carbons (Fsp3) is 0.0137. The summed E-state index contributed by atoms with van der Waals surface area (Å²) in [6, 6.07) is 103. The molecule has 0 bridgehead atoms. The maximum atomic E-state index is 2.61. The summed E-state index contributed by atoms with van der Waals surface area (Å²) in [5, 5.41) is 10.1. The lowest BCUT2D eigenvalue weighted by Crippen LogP contribution is -2.26. The van der Waals surface area contributed by atoms with Crippen molar-refractivity contribution < 1.29 is 0 Å². The molecule has 0 unspecified atom stereocenters. The van der Waals surface area contributed by atoms with Gasteiger partial charge in [0.15, 0.2) is 0 Å². The highest BCUT2D eigenvalue weighted by molar-refractivity contribution is 7.25. The molecule has 2 aliphatic carbocycles. The first-order chi connectivity index (χ1) is 37.2. The Bertz CT molecular complexity index is 4580. The molecule has 1 nitrogen and oxygen atoms in total. The molecule has 13 aromatic carbocycles. The average Bonchev–Trinajstić information content (AvgIpc) is 4.29. The number of rotatable bonds is 6. The lowest BCUT2D eigenvalue weighted by molar-refractivity contribution is 0.794. The third-order valence-corrected chi connectivity index (χ3v) is 17.6. The summed E-state index contributed by atoms with van der Waals surface area (Å²) in [7, 11) is 0. The molecule has 2 aliphatic rings. The smallest absolute Gasteiger partial charge is 0.0726 e. The maximum absolute atomic E-state index is 2.61. The predicted octanol–water partition coefficient (Wildman–Crippen LogP) is 20.3. The highest BCUT2D eigenvalue weighted by atomic mass is 32.1. The number of nitrogens with zero attached hydrogens (tertiary/aromatic N) is 1. The molecule has 0 aliphatic heterocycles. The SMILES string of the molecule is c1ccc(-c2ccc(N(c3ccc4c5ccccc5c5ccccc5c4c3)c3cc4c(cc3-c3ccc5sc6ccccc6c5c3)-c3ccccc3C43c4ccccc4-c4ccccc43)c(-c3ccccc3)c2)cc1. The minimum absolute atomic E-state index is 0.552. The van der Waals surface area contributed by atoms with E-state index in [1.165, 1.54) is 119 Å². The summed E-state index contributed by atoms with van der Waals surface area (Å²) in [5.74, 6) is 0. The zero-order valence-corrected chi connectivity index (χ0v) is 41.7. The van der Waals surface area contributed by atoms with Crippen molar-refractivity contribution in [3.8, 4) is 55.6 Å². The van der Waals surface area contributed by atoms with Crippen LogP contribution in [0.15, 0.2) is 273 Å². The van der Waals surface area contributed by atoms with Crippen molar-refractivity contribution in [1.82, 2.24) is 0 Å². The molecule has 2 heteroatoms. The molecule has 0 atom stereocenters. The van der Waals surface area contributed by atoms with E-state index < -0.39 is 5.41 Å². The fourth-order valence-electron chi connectivity index (χ4n) is 13.3. The van der Waals surface area contributed by atoms with Gasteiger partial charge in [-0.15, -0.1) is 11.3 Å². The minimum Gasteiger partial charge on any atom is -0.309 e. The van der Waals surface area contributed by atoms with Gasteiger partial charge in [0.2, 0.25) is 0 Å². The summed E-state index contributed by atoms with van der Waals surface area (Å²) in [5.41, 5.74) is 20.2. The first kappa shape index (κ1) is 42.2. The molecule has 1 spiro atoms. The van der Waals surface area contributed by atoms with Gasteiger partial charge in [-0.25, -0.2) is 0 Å². The minimum atomic E-state index is -0.552. The first-order valence-corrected chi connectivity index (χ1v) is 26.8. The molecule has 0 saturated heterocycles. The van der Waals surface area contributed by atoms with E-state index in [1.54, 1.807) is 0 Å². The Morgan fingerprint density at radius 3 is 1.39 bits per heavy atom. The molecule has 0 fully saturated rings. The van der Waals surface area contributed by atoms with Crippen LogP contribution in [-0.4, -0.2) is 0 Å². The van der Waals surface area contributed by atoms with E-state index in [1.807, 2.05) is 11.3 Å². The second-order valence-electron chi connectivity index (χ2n) is 20.2. The van der Waals surface area contributed by atoms with Gasteiger partial charge in [0.25, 0.3) is 0 Å². The van der Waals surface area contributed by atoms with Crippen molar-refractivity contribution in [3.63, 3.8) is 0 Å². The normalized spacial score (nSPS) is 12.9. The molecule has 0 radical (unpaired) electrons. The fourth-order valence-corrected chi connectivity index (χ4v) is 14.4. The summed E-state index contributed by atoms with van der Waals surface area (Å²) >= 11 is 1.87. The monoisotopic (exact) mass is 967 g/mol. The van der Waals surface area contributed by atoms with Gasteiger partial charge in [-0.05, 0) is 154 Å². The summed E-state index contributed by atoms with van der Waals surface area (Å²) in [6.45, 7) is 0. The van der Waals surface area contributed by atoms with E-state index in [0.717, 1.165) is 28.2 Å². The molecule has 0 amide bonds. The van der Waals surface area contributed by atoms with E-state index >= 15 is 0 Å². The number of benzene rings is 13. The van der Waals surface area contributed by atoms with Crippen LogP contribution in [0.2, 0.25) is 0 Å². The van der Waals surface area contributed by atoms with E-state index in [-0.39, 0.29) is 0 Å². The first-order valence-electron chi connectivity index (χ1n) is 26.0. The van der Waals surface area contributed by atoms with Crippen LogP contribution in [-0.2, 0) is 5.41 Å². The third-order valence-electron chi connectivity index (χ3n) is 16.5. The molecular weight excluding hydrogens is 923 g/mol. The van der Waals surface area contributed by atoms with Crippen molar-refractivity contribution >= 4 is 80.9 Å². The van der Waals surface area contributed by atoms with Crippen molar-refractivity contribution in [3.05, 3.63) is 295 Å². The van der Waals surface area contributed by atoms with Gasteiger partial charge in [0, 0.05) is 37.0 Å². The van der Waals surface area contributed by atoms with Gasteiger partial charge >= 0.3 is 0 Å². The van der Waals surface area contributed by atoms with E-state index in [0.29, 0.717) is 0 Å². The molecule has 1 heterocycles. The van der Waals surface area contributed by atoms with Gasteiger partial charge in [-0.3, -0.25) is 0 Å². The Morgan fingerprint density at radius 2 is 0.733 bits per heavy atom. The second kappa shape index (κ2) is 16.3. The molecule has 1 aromatic heterocycles. The standard InChI is InChI=1S/C73H45NS/c1-3-19-46(20-4-1)48-35-39-69(60(41-48)47-21-5-2-6-22-47)74(50-37-38-55-53-25-8-7-23-51(53)52-24-9-10-26-54(52)62(55)43-50)70-45-68-63(44-61(70)49-36-40-72-64(42-49)59-30-14-18-34-71(59)75-72)58-29-13-17-33-67(58)73(68)65-31-15-11-27-56(65)57-28-12-16-32-66(57)73/h1-45H. The Balaban J connectivity index is 1.07. The Morgan fingerprint density at radius 1 is 0.240 bits per heavy atom. The van der Waals surface area contributed by atoms with Crippen LogP contribution in [0.1, 0.15) is 22.3 Å². The summed E-state index contributed by atoms with van der Waals surface area (Å²) < 4.78 is 2.59. The third kappa shape index (κ3) is 6.12. The molecular formula is C73H45NS. The topological polar surface area (TPSA) is 3.24 Å². The Hall–Kier alpha value is -9.34. The van der Waals surface area contributed by atoms with Gasteiger partial charge in [-0.1, -0.05) is 218 Å². The van der Waals surface area contributed by atoms with Crippen LogP contribution in [0.3, 0.4) is 0 Å². The van der Waals surface area contributed by atoms with Gasteiger partial charge < -0.3 is 4.90 Å². The molecule has 0 saturated carbocycles.